The van der Waals surface area contributed by atoms with E-state index in [9.17, 15) is 24.3 Å². The Hall–Kier alpha value is -4.69. The Labute approximate surface area is 255 Å². The van der Waals surface area contributed by atoms with Gasteiger partial charge in [-0.25, -0.2) is 4.98 Å². The Bertz CT molecular complexity index is 1790. The number of nitrogens with zero attached hydrogens (tertiary/aromatic N) is 3. The van der Waals surface area contributed by atoms with Gasteiger partial charge in [-0.05, 0) is 63.8 Å². The number of aromatic nitrogens is 2. The largest absolute Gasteiger partial charge is 0.377 e. The fourth-order valence-electron chi connectivity index (χ4n) is 6.44. The predicted octanol–water partition coefficient (Wildman–Crippen LogP) is 2.53. The molecule has 4 heterocycles. The van der Waals surface area contributed by atoms with Crippen molar-refractivity contribution < 1.29 is 19.5 Å². The van der Waals surface area contributed by atoms with Crippen molar-refractivity contribution in [3.8, 4) is 23.4 Å². The van der Waals surface area contributed by atoms with Crippen LogP contribution in [0.25, 0.3) is 22.3 Å². The monoisotopic (exact) mass is 598 g/mol. The molecule has 1 saturated heterocycles. The summed E-state index contributed by atoms with van der Waals surface area (Å²) in [5.74, 6) is 1.60. The number of hydrogen-bond acceptors (Lipinski definition) is 8. The van der Waals surface area contributed by atoms with E-state index in [1.807, 2.05) is 12.1 Å². The molecule has 6 rings (SSSR count). The standard InChI is InChI=1S/C30H33N5O5.C3H5N/c1-4-30(40)22-14-24-26-21(15-35(24)29(39)19(22)8-10-25(30)37)27(34-11-5-6-12-34)20-13-18(7-9-23(20)33-26)32-28(38)16(2)31-17(3)36;1-2-3-4/h7,9,13-14,16,40H,4-6,8,10-12,15H2,1-3H3,(H,31,36)(H,32,38);4H2,1H3/t16?,30-;/m0./s1. The van der Waals surface area contributed by atoms with Crippen LogP contribution in [0.2, 0.25) is 0 Å². The predicted molar refractivity (Wildman–Crippen MR) is 169 cm³/mol. The van der Waals surface area contributed by atoms with Crippen LogP contribution in [0.5, 0.6) is 0 Å². The molecule has 0 spiro atoms. The molecule has 2 aliphatic heterocycles. The van der Waals surface area contributed by atoms with Crippen LogP contribution in [0.3, 0.4) is 0 Å². The molecule has 230 valence electrons. The maximum Gasteiger partial charge on any atom is 0.254 e. The number of nitrogens with two attached hydrogens (primary N) is 1. The van der Waals surface area contributed by atoms with E-state index < -0.39 is 11.6 Å². The minimum Gasteiger partial charge on any atom is -0.377 e. The Morgan fingerprint density at radius 3 is 2.50 bits per heavy atom. The SMILES string of the molecule is CC#CN.CC[C@@]1(O)C(=O)CCc2c1cc1n(c2=O)Cc2c-1nc1ccc(NC(=O)C(C)NC(C)=O)cc1c2N1CCCC1. The molecule has 0 bridgehead atoms. The van der Waals surface area contributed by atoms with Crippen LogP contribution in [-0.4, -0.2) is 51.4 Å². The van der Waals surface area contributed by atoms with E-state index in [0.717, 1.165) is 42.6 Å². The summed E-state index contributed by atoms with van der Waals surface area (Å²) in [4.78, 5) is 57.9. The molecule has 1 fully saturated rings. The zero-order valence-corrected chi connectivity index (χ0v) is 25.5. The quantitative estimate of drug-likeness (QED) is 0.201. The summed E-state index contributed by atoms with van der Waals surface area (Å²) in [5.41, 5.74) is 8.26. The summed E-state index contributed by atoms with van der Waals surface area (Å²) in [7, 11) is 0. The minimum absolute atomic E-state index is 0.148. The number of nitrogens with one attached hydrogen (secondary N) is 2. The maximum atomic E-state index is 13.7. The van der Waals surface area contributed by atoms with Crippen LogP contribution in [0.1, 0.15) is 70.1 Å². The molecule has 0 saturated carbocycles. The number of carbonyl (C=O) groups is 3. The highest BCUT2D eigenvalue weighted by molar-refractivity contribution is 6.03. The lowest BCUT2D eigenvalue weighted by Crippen LogP contribution is -2.43. The molecule has 5 N–H and O–H groups in total. The van der Waals surface area contributed by atoms with E-state index >= 15 is 0 Å². The minimum atomic E-state index is -1.67. The van der Waals surface area contributed by atoms with Crippen LogP contribution in [-0.2, 0) is 33.0 Å². The third-order valence-electron chi connectivity index (χ3n) is 8.68. The lowest BCUT2D eigenvalue weighted by molar-refractivity contribution is -0.140. The summed E-state index contributed by atoms with van der Waals surface area (Å²) in [6, 6.07) is 8.81. The fraction of sp³-hybridized carbons (Fsp3) is 0.424. The second kappa shape index (κ2) is 12.1. The number of rotatable bonds is 5. The topological polar surface area (TPSA) is 160 Å². The molecule has 2 amide bonds. The Morgan fingerprint density at radius 1 is 1.16 bits per heavy atom. The molecule has 11 nitrogen and oxygen atoms in total. The van der Waals surface area contributed by atoms with Crippen molar-refractivity contribution in [1.29, 1.82) is 0 Å². The molecule has 44 heavy (non-hydrogen) atoms. The molecule has 1 aromatic carbocycles. The summed E-state index contributed by atoms with van der Waals surface area (Å²) in [6.45, 7) is 8.54. The second-order valence-electron chi connectivity index (χ2n) is 11.5. The summed E-state index contributed by atoms with van der Waals surface area (Å²) >= 11 is 0. The van der Waals surface area contributed by atoms with E-state index in [1.54, 1.807) is 37.5 Å². The molecule has 3 aromatic rings. The van der Waals surface area contributed by atoms with Gasteiger partial charge in [0.15, 0.2) is 5.78 Å². The van der Waals surface area contributed by atoms with Gasteiger partial charge < -0.3 is 30.9 Å². The van der Waals surface area contributed by atoms with E-state index in [-0.39, 0.29) is 36.0 Å². The number of hydrogen-bond donors (Lipinski definition) is 4. The van der Waals surface area contributed by atoms with Crippen molar-refractivity contribution >= 4 is 39.9 Å². The molecule has 1 aliphatic carbocycles. The van der Waals surface area contributed by atoms with Crippen molar-refractivity contribution in [2.45, 2.75) is 78.0 Å². The number of amides is 2. The molecule has 0 radical (unpaired) electrons. The zero-order chi connectivity index (χ0) is 31.8. The number of Topliss-reactive ketones (excluding diaryl/α,β-unsaturated/α-hetero) is 1. The smallest absolute Gasteiger partial charge is 0.254 e. The van der Waals surface area contributed by atoms with Crippen LogP contribution in [0, 0.1) is 12.0 Å². The molecule has 2 atom stereocenters. The fourth-order valence-corrected chi connectivity index (χ4v) is 6.44. The van der Waals surface area contributed by atoms with Gasteiger partial charge >= 0.3 is 0 Å². The Kier molecular flexibility index (Phi) is 8.48. The van der Waals surface area contributed by atoms with Gasteiger partial charge in [0.1, 0.15) is 11.6 Å². The maximum absolute atomic E-state index is 13.7. The molecule has 3 aliphatic rings. The number of fused-ring (bicyclic) bond motifs is 5. The van der Waals surface area contributed by atoms with Gasteiger partial charge in [0.25, 0.3) is 5.56 Å². The Balaban J connectivity index is 0.000000906. The number of carbonyl (C=O) groups excluding carboxylic acids is 3. The lowest BCUT2D eigenvalue weighted by Gasteiger charge is -2.32. The average Bonchev–Trinajstić information content (AvgIpc) is 3.66. The number of aliphatic hydroxyl groups is 1. The van der Waals surface area contributed by atoms with Gasteiger partial charge in [0, 0.05) is 60.2 Å². The summed E-state index contributed by atoms with van der Waals surface area (Å²) in [5, 5.41) is 17.7. The van der Waals surface area contributed by atoms with Crippen molar-refractivity contribution in [3.63, 3.8) is 0 Å². The molecule has 2 aromatic heterocycles. The van der Waals surface area contributed by atoms with Crippen molar-refractivity contribution in [1.82, 2.24) is 14.9 Å². The first kappa shape index (κ1) is 30.8. The van der Waals surface area contributed by atoms with Crippen LogP contribution < -0.4 is 26.8 Å². The zero-order valence-electron chi connectivity index (χ0n) is 25.5. The van der Waals surface area contributed by atoms with Crippen molar-refractivity contribution in [3.05, 3.63) is 51.3 Å². The van der Waals surface area contributed by atoms with Crippen LogP contribution >= 0.6 is 0 Å². The first-order chi connectivity index (χ1) is 21.0. The highest BCUT2D eigenvalue weighted by Crippen LogP contribution is 2.44. The van der Waals surface area contributed by atoms with Gasteiger partial charge in [0.05, 0.1) is 29.1 Å². The second-order valence-corrected chi connectivity index (χ2v) is 11.5. The third kappa shape index (κ3) is 5.30. The van der Waals surface area contributed by atoms with Crippen molar-refractivity contribution in [2.24, 2.45) is 5.73 Å². The number of pyridine rings is 2. The van der Waals surface area contributed by atoms with E-state index in [2.05, 4.69) is 33.2 Å². The summed E-state index contributed by atoms with van der Waals surface area (Å²) < 4.78 is 1.72. The van der Waals surface area contributed by atoms with E-state index in [4.69, 9.17) is 4.98 Å². The van der Waals surface area contributed by atoms with E-state index in [1.165, 1.54) is 6.92 Å². The highest BCUT2D eigenvalue weighted by Gasteiger charge is 2.43. The van der Waals surface area contributed by atoms with Gasteiger partial charge in [-0.15, -0.1) is 0 Å². The molecular weight excluding hydrogens is 560 g/mol. The number of benzene rings is 1. The third-order valence-corrected chi connectivity index (χ3v) is 8.68. The van der Waals surface area contributed by atoms with Gasteiger partial charge in [-0.3, -0.25) is 19.2 Å². The average molecular weight is 599 g/mol. The number of anilines is 2. The lowest BCUT2D eigenvalue weighted by atomic mass is 9.77. The molecule has 1 unspecified atom stereocenters. The van der Waals surface area contributed by atoms with Gasteiger partial charge in [-0.2, -0.15) is 0 Å². The molecule has 11 heteroatoms. The van der Waals surface area contributed by atoms with Crippen molar-refractivity contribution in [2.75, 3.05) is 23.3 Å². The van der Waals surface area contributed by atoms with E-state index in [0.29, 0.717) is 46.7 Å². The van der Waals surface area contributed by atoms with Crippen LogP contribution in [0.15, 0.2) is 29.1 Å². The number of ketones is 1. The van der Waals surface area contributed by atoms with Gasteiger partial charge in [-0.1, -0.05) is 12.8 Å². The highest BCUT2D eigenvalue weighted by atomic mass is 16.3. The first-order valence-electron chi connectivity index (χ1n) is 15.0. The molecular formula is C33H38N6O5. The van der Waals surface area contributed by atoms with Crippen LogP contribution in [0.4, 0.5) is 11.4 Å². The summed E-state index contributed by atoms with van der Waals surface area (Å²) in [6.07, 6.45) is 2.77. The first-order valence-corrected chi connectivity index (χ1v) is 15.0. The Morgan fingerprint density at radius 2 is 1.86 bits per heavy atom. The van der Waals surface area contributed by atoms with Gasteiger partial charge in [0.2, 0.25) is 11.8 Å². The normalized spacial score (nSPS) is 18.7.